The number of rotatable bonds is 3. The van der Waals surface area contributed by atoms with E-state index in [1.165, 1.54) is 19.1 Å². The van der Waals surface area contributed by atoms with Gasteiger partial charge in [0.15, 0.2) is 9.84 Å². The number of hydrogen-bond acceptors (Lipinski definition) is 4. The lowest BCUT2D eigenvalue weighted by atomic mass is 9.98. The summed E-state index contributed by atoms with van der Waals surface area (Å²) in [6.45, 7) is 5.12. The third kappa shape index (κ3) is 3.93. The van der Waals surface area contributed by atoms with E-state index in [1.54, 1.807) is 0 Å². The van der Waals surface area contributed by atoms with Gasteiger partial charge in [0.1, 0.15) is 0 Å². The first-order chi connectivity index (χ1) is 8.05. The van der Waals surface area contributed by atoms with Crippen molar-refractivity contribution < 1.29 is 8.42 Å². The number of nitrogens with zero attached hydrogens (tertiary/aromatic N) is 1. The molecule has 0 aromatic heterocycles. The van der Waals surface area contributed by atoms with Crippen molar-refractivity contribution in [2.24, 2.45) is 5.92 Å². The van der Waals surface area contributed by atoms with Gasteiger partial charge in [-0.05, 0) is 51.2 Å². The molecule has 2 rings (SSSR count). The van der Waals surface area contributed by atoms with Crippen molar-refractivity contribution >= 4 is 9.84 Å². The van der Waals surface area contributed by atoms with Gasteiger partial charge in [0.05, 0.1) is 5.25 Å². The maximum Gasteiger partial charge on any atom is 0.151 e. The van der Waals surface area contributed by atoms with Gasteiger partial charge in [-0.1, -0.05) is 0 Å². The van der Waals surface area contributed by atoms with Gasteiger partial charge >= 0.3 is 0 Å². The summed E-state index contributed by atoms with van der Waals surface area (Å²) in [4.78, 5) is 2.35. The minimum Gasteiger partial charge on any atom is -0.316 e. The van der Waals surface area contributed by atoms with Crippen molar-refractivity contribution in [3.8, 4) is 0 Å². The molecule has 2 aliphatic heterocycles. The maximum atomic E-state index is 11.6. The molecule has 0 amide bonds. The summed E-state index contributed by atoms with van der Waals surface area (Å²) < 4.78 is 23.2. The Hall–Kier alpha value is -0.130. The highest BCUT2D eigenvalue weighted by Gasteiger charge is 2.28. The normalized spacial score (nSPS) is 32.5. The molecule has 5 heteroatoms. The Bertz CT molecular complexity index is 336. The van der Waals surface area contributed by atoms with Crippen LogP contribution in [0.2, 0.25) is 0 Å². The lowest BCUT2D eigenvalue weighted by molar-refractivity contribution is 0.181. The smallest absolute Gasteiger partial charge is 0.151 e. The summed E-state index contributed by atoms with van der Waals surface area (Å²) in [6, 6.07) is 0. The topological polar surface area (TPSA) is 49.4 Å². The Labute approximate surface area is 105 Å². The fourth-order valence-corrected chi connectivity index (χ4v) is 4.05. The molecule has 4 nitrogen and oxygen atoms in total. The van der Waals surface area contributed by atoms with Crippen LogP contribution in [0.1, 0.15) is 25.7 Å². The first-order valence-electron chi connectivity index (χ1n) is 6.67. The monoisotopic (exact) mass is 260 g/mol. The molecule has 100 valence electrons. The molecule has 2 fully saturated rings. The van der Waals surface area contributed by atoms with Crippen molar-refractivity contribution in [2.45, 2.75) is 30.9 Å². The Kier molecular flexibility index (Phi) is 4.44. The number of nitrogens with one attached hydrogen (secondary N) is 1. The van der Waals surface area contributed by atoms with Crippen molar-refractivity contribution in [3.63, 3.8) is 0 Å². The first-order valence-corrected chi connectivity index (χ1v) is 8.63. The van der Waals surface area contributed by atoms with Gasteiger partial charge in [0.2, 0.25) is 0 Å². The molecule has 2 atom stereocenters. The minimum atomic E-state index is -2.86. The highest BCUT2D eigenvalue weighted by Crippen LogP contribution is 2.19. The third-order valence-corrected chi connectivity index (χ3v) is 5.58. The van der Waals surface area contributed by atoms with Crippen LogP contribution >= 0.6 is 0 Å². The maximum absolute atomic E-state index is 11.6. The average molecular weight is 260 g/mol. The van der Waals surface area contributed by atoms with Crippen molar-refractivity contribution in [3.05, 3.63) is 0 Å². The molecule has 17 heavy (non-hydrogen) atoms. The highest BCUT2D eigenvalue weighted by molar-refractivity contribution is 7.91. The largest absolute Gasteiger partial charge is 0.316 e. The van der Waals surface area contributed by atoms with E-state index in [9.17, 15) is 8.42 Å². The summed E-state index contributed by atoms with van der Waals surface area (Å²) in [5, 5.41) is 3.29. The number of piperidine rings is 2. The predicted molar refractivity (Wildman–Crippen MR) is 69.9 cm³/mol. The van der Waals surface area contributed by atoms with Crippen LogP contribution < -0.4 is 5.32 Å². The van der Waals surface area contributed by atoms with Crippen LogP contribution in [0.4, 0.5) is 0 Å². The standard InChI is InChI=1S/C12H24N2O2S/c1-17(15,16)12-5-3-7-14(10-12)9-11-4-2-6-13-8-11/h11-13H,2-10H2,1H3. The second kappa shape index (κ2) is 5.67. The van der Waals surface area contributed by atoms with Gasteiger partial charge in [-0.2, -0.15) is 0 Å². The summed E-state index contributed by atoms with van der Waals surface area (Å²) >= 11 is 0. The quantitative estimate of drug-likeness (QED) is 0.802. The van der Waals surface area contributed by atoms with Crippen LogP contribution in [0.5, 0.6) is 0 Å². The van der Waals surface area contributed by atoms with Gasteiger partial charge in [-0.3, -0.25) is 0 Å². The van der Waals surface area contributed by atoms with E-state index >= 15 is 0 Å². The third-order valence-electron chi connectivity index (χ3n) is 3.98. The zero-order valence-electron chi connectivity index (χ0n) is 10.7. The summed E-state index contributed by atoms with van der Waals surface area (Å²) in [7, 11) is -2.86. The molecular weight excluding hydrogens is 236 g/mol. The van der Waals surface area contributed by atoms with Gasteiger partial charge in [-0.25, -0.2) is 8.42 Å². The Morgan fingerprint density at radius 1 is 1.29 bits per heavy atom. The molecular formula is C12H24N2O2S. The summed E-state index contributed by atoms with van der Waals surface area (Å²) in [5.41, 5.74) is 0. The zero-order valence-corrected chi connectivity index (χ0v) is 11.5. The second-order valence-corrected chi connectivity index (χ2v) is 7.89. The van der Waals surface area contributed by atoms with Crippen molar-refractivity contribution in [2.75, 3.05) is 39.0 Å². The molecule has 0 radical (unpaired) electrons. The number of sulfone groups is 1. The zero-order chi connectivity index (χ0) is 12.3. The van der Waals surface area contributed by atoms with Crippen LogP contribution in [0.25, 0.3) is 0 Å². The fourth-order valence-electron chi connectivity index (χ4n) is 2.97. The van der Waals surface area contributed by atoms with Gasteiger partial charge in [-0.15, -0.1) is 0 Å². The highest BCUT2D eigenvalue weighted by atomic mass is 32.2. The molecule has 0 saturated carbocycles. The Morgan fingerprint density at radius 2 is 2.12 bits per heavy atom. The van der Waals surface area contributed by atoms with Crippen LogP contribution in [0.3, 0.4) is 0 Å². The number of likely N-dealkylation sites (tertiary alicyclic amines) is 1. The molecule has 0 aromatic rings. The van der Waals surface area contributed by atoms with E-state index in [0.717, 1.165) is 45.6 Å². The van der Waals surface area contributed by atoms with E-state index in [2.05, 4.69) is 10.2 Å². The van der Waals surface area contributed by atoms with E-state index in [-0.39, 0.29) is 5.25 Å². The lowest BCUT2D eigenvalue weighted by Crippen LogP contribution is -2.46. The van der Waals surface area contributed by atoms with Crippen LogP contribution in [0.15, 0.2) is 0 Å². The molecule has 2 heterocycles. The number of hydrogen-bond donors (Lipinski definition) is 1. The molecule has 0 spiro atoms. The Morgan fingerprint density at radius 3 is 2.76 bits per heavy atom. The molecule has 2 unspecified atom stereocenters. The Balaban J connectivity index is 1.84. The fraction of sp³-hybridized carbons (Fsp3) is 1.00. The molecule has 0 aromatic carbocycles. The van der Waals surface area contributed by atoms with Gasteiger partial charge < -0.3 is 10.2 Å². The average Bonchev–Trinajstić information content (AvgIpc) is 2.29. The molecule has 2 saturated heterocycles. The molecule has 1 N–H and O–H groups in total. The molecule has 0 aliphatic carbocycles. The predicted octanol–water partition coefficient (Wildman–Crippen LogP) is 0.495. The van der Waals surface area contributed by atoms with Gasteiger partial charge in [0.25, 0.3) is 0 Å². The van der Waals surface area contributed by atoms with E-state index in [0.29, 0.717) is 5.92 Å². The molecule has 0 bridgehead atoms. The van der Waals surface area contributed by atoms with Crippen LogP contribution in [-0.4, -0.2) is 57.5 Å². The SMILES string of the molecule is CS(=O)(=O)C1CCCN(CC2CCCNC2)C1. The van der Waals surface area contributed by atoms with E-state index < -0.39 is 9.84 Å². The second-order valence-electron chi connectivity index (χ2n) is 5.57. The van der Waals surface area contributed by atoms with Crippen LogP contribution in [-0.2, 0) is 9.84 Å². The van der Waals surface area contributed by atoms with Gasteiger partial charge in [0, 0.05) is 19.3 Å². The summed E-state index contributed by atoms with van der Waals surface area (Å²) in [5.74, 6) is 0.710. The summed E-state index contributed by atoms with van der Waals surface area (Å²) in [6.07, 6.45) is 5.79. The minimum absolute atomic E-state index is 0.132. The van der Waals surface area contributed by atoms with Crippen molar-refractivity contribution in [1.82, 2.24) is 10.2 Å². The van der Waals surface area contributed by atoms with E-state index in [4.69, 9.17) is 0 Å². The first kappa shape index (κ1) is 13.3. The van der Waals surface area contributed by atoms with E-state index in [1.807, 2.05) is 0 Å². The molecule has 2 aliphatic rings. The van der Waals surface area contributed by atoms with Crippen LogP contribution in [0, 0.1) is 5.92 Å². The lowest BCUT2D eigenvalue weighted by Gasteiger charge is -2.35. The van der Waals surface area contributed by atoms with Crippen molar-refractivity contribution in [1.29, 1.82) is 0 Å².